The Kier molecular flexibility index (Phi) is 7.12. The molecular formula is C14H21Cl2N2O3S+. The number of halogens is 2. The molecule has 0 saturated heterocycles. The molecular weight excluding hydrogens is 347 g/mol. The number of likely N-dealkylation sites (N-methyl/N-ethyl adjacent to an activating group) is 1. The smallest absolute Gasteiger partial charge is 0.275 e. The Morgan fingerprint density at radius 3 is 2.55 bits per heavy atom. The van der Waals surface area contributed by atoms with Gasteiger partial charge in [-0.25, -0.2) is 8.42 Å². The molecule has 1 aromatic rings. The van der Waals surface area contributed by atoms with Crippen molar-refractivity contribution in [2.75, 3.05) is 25.9 Å². The van der Waals surface area contributed by atoms with Crippen LogP contribution in [0.25, 0.3) is 0 Å². The average molecular weight is 368 g/mol. The van der Waals surface area contributed by atoms with Gasteiger partial charge in [-0.2, -0.15) is 0 Å². The lowest BCUT2D eigenvalue weighted by Gasteiger charge is -2.15. The molecule has 0 aromatic heterocycles. The number of carbonyl (C=O) groups is 1. The number of rotatable bonds is 7. The Bertz CT molecular complexity index is 633. The van der Waals surface area contributed by atoms with Crippen molar-refractivity contribution in [3.8, 4) is 0 Å². The zero-order valence-corrected chi connectivity index (χ0v) is 15.1. The van der Waals surface area contributed by atoms with Crippen molar-refractivity contribution in [3.63, 3.8) is 0 Å². The second-order valence-corrected chi connectivity index (χ2v) is 8.42. The molecule has 124 valence electrons. The van der Waals surface area contributed by atoms with Crippen molar-refractivity contribution in [2.45, 2.75) is 24.8 Å². The van der Waals surface area contributed by atoms with E-state index in [2.05, 4.69) is 5.32 Å². The first-order chi connectivity index (χ1) is 10.1. The number of amides is 1. The summed E-state index contributed by atoms with van der Waals surface area (Å²) in [4.78, 5) is 12.5. The molecule has 0 aliphatic carbocycles. The third kappa shape index (κ3) is 6.12. The Morgan fingerprint density at radius 1 is 1.32 bits per heavy atom. The summed E-state index contributed by atoms with van der Waals surface area (Å²) >= 11 is 11.8. The standard InChI is InChI=1S/C14H20Cl2N2O3S/c1-10(2)17-14(19)9-18(3)6-7-22(20,21)13-8-11(15)4-5-12(13)16/h4-5,8,10H,6-7,9H2,1-3H3,(H,17,19)/p+1. The van der Waals surface area contributed by atoms with Crippen LogP contribution in [0.1, 0.15) is 13.8 Å². The molecule has 0 heterocycles. The van der Waals surface area contributed by atoms with Crippen LogP contribution < -0.4 is 10.2 Å². The monoisotopic (exact) mass is 367 g/mol. The van der Waals surface area contributed by atoms with Crippen molar-refractivity contribution in [3.05, 3.63) is 28.2 Å². The van der Waals surface area contributed by atoms with Crippen LogP contribution in [0.15, 0.2) is 23.1 Å². The lowest BCUT2D eigenvalue weighted by Crippen LogP contribution is -3.10. The maximum Gasteiger partial charge on any atom is 0.275 e. The van der Waals surface area contributed by atoms with Gasteiger partial charge in [0.05, 0.1) is 23.5 Å². The highest BCUT2D eigenvalue weighted by molar-refractivity contribution is 7.91. The topological polar surface area (TPSA) is 67.7 Å². The van der Waals surface area contributed by atoms with Crippen LogP contribution in [0.4, 0.5) is 0 Å². The molecule has 1 amide bonds. The lowest BCUT2D eigenvalue weighted by molar-refractivity contribution is -0.868. The maximum absolute atomic E-state index is 12.3. The van der Waals surface area contributed by atoms with E-state index in [4.69, 9.17) is 23.2 Å². The van der Waals surface area contributed by atoms with Crippen molar-refractivity contribution >= 4 is 38.9 Å². The zero-order chi connectivity index (χ0) is 16.9. The Balaban J connectivity index is 2.66. The molecule has 5 nitrogen and oxygen atoms in total. The summed E-state index contributed by atoms with van der Waals surface area (Å²) in [6, 6.07) is 4.41. The van der Waals surface area contributed by atoms with Gasteiger partial charge < -0.3 is 10.2 Å². The summed E-state index contributed by atoms with van der Waals surface area (Å²) in [5.41, 5.74) is 0. The van der Waals surface area contributed by atoms with Crippen LogP contribution in [0, 0.1) is 0 Å². The molecule has 0 fully saturated rings. The van der Waals surface area contributed by atoms with Crippen molar-refractivity contribution < 1.29 is 18.1 Å². The summed E-state index contributed by atoms with van der Waals surface area (Å²) < 4.78 is 24.6. The number of benzene rings is 1. The van der Waals surface area contributed by atoms with Crippen molar-refractivity contribution in [2.24, 2.45) is 0 Å². The number of quaternary nitrogens is 1. The highest BCUT2D eigenvalue weighted by atomic mass is 35.5. The first kappa shape index (κ1) is 19.2. The van der Waals surface area contributed by atoms with Gasteiger partial charge >= 0.3 is 0 Å². The molecule has 0 bridgehead atoms. The third-order valence-electron chi connectivity index (χ3n) is 2.94. The van der Waals surface area contributed by atoms with E-state index in [1.54, 1.807) is 7.05 Å². The molecule has 0 saturated carbocycles. The minimum absolute atomic E-state index is 0.0288. The first-order valence-corrected chi connectivity index (χ1v) is 9.31. The van der Waals surface area contributed by atoms with E-state index in [0.29, 0.717) is 11.6 Å². The number of carbonyl (C=O) groups excluding carboxylic acids is 1. The molecule has 0 spiro atoms. The normalized spacial score (nSPS) is 13.2. The lowest BCUT2D eigenvalue weighted by atomic mass is 10.4. The van der Waals surface area contributed by atoms with E-state index in [1.165, 1.54) is 18.2 Å². The molecule has 0 aliphatic heterocycles. The van der Waals surface area contributed by atoms with Gasteiger partial charge in [0.25, 0.3) is 5.91 Å². The average Bonchev–Trinajstić information content (AvgIpc) is 2.38. The predicted molar refractivity (Wildman–Crippen MR) is 88.4 cm³/mol. The summed E-state index contributed by atoms with van der Waals surface area (Å²) in [6.45, 7) is 4.27. The Morgan fingerprint density at radius 2 is 1.95 bits per heavy atom. The number of hydrogen-bond donors (Lipinski definition) is 2. The highest BCUT2D eigenvalue weighted by Gasteiger charge is 2.21. The quantitative estimate of drug-likeness (QED) is 0.749. The highest BCUT2D eigenvalue weighted by Crippen LogP contribution is 2.25. The Hall–Kier alpha value is -0.820. The predicted octanol–water partition coefficient (Wildman–Crippen LogP) is 0.806. The van der Waals surface area contributed by atoms with E-state index in [-0.39, 0.29) is 34.2 Å². The second-order valence-electron chi connectivity index (χ2n) is 5.50. The molecule has 2 N–H and O–H groups in total. The van der Waals surface area contributed by atoms with Gasteiger partial charge in [-0.1, -0.05) is 23.2 Å². The fourth-order valence-corrected chi connectivity index (χ4v) is 4.09. The molecule has 1 atom stereocenters. The fourth-order valence-electron chi connectivity index (χ4n) is 1.87. The van der Waals surface area contributed by atoms with Crippen LogP contribution in [0.5, 0.6) is 0 Å². The van der Waals surface area contributed by atoms with E-state index in [0.717, 1.165) is 4.90 Å². The third-order valence-corrected chi connectivity index (χ3v) is 5.36. The minimum Gasteiger partial charge on any atom is -0.349 e. The van der Waals surface area contributed by atoms with Crippen molar-refractivity contribution in [1.82, 2.24) is 5.32 Å². The molecule has 22 heavy (non-hydrogen) atoms. The van der Waals surface area contributed by atoms with Crippen LogP contribution in [0.2, 0.25) is 10.0 Å². The van der Waals surface area contributed by atoms with Gasteiger partial charge in [0.2, 0.25) is 0 Å². The first-order valence-electron chi connectivity index (χ1n) is 6.90. The van der Waals surface area contributed by atoms with Crippen LogP contribution in [-0.2, 0) is 14.6 Å². The van der Waals surface area contributed by atoms with Gasteiger partial charge in [0.1, 0.15) is 5.75 Å². The van der Waals surface area contributed by atoms with E-state index in [9.17, 15) is 13.2 Å². The summed E-state index contributed by atoms with van der Waals surface area (Å²) in [6.07, 6.45) is 0. The number of nitrogens with one attached hydrogen (secondary N) is 2. The molecule has 8 heteroatoms. The Labute approximate surface area is 141 Å². The minimum atomic E-state index is -3.54. The maximum atomic E-state index is 12.3. The summed E-state index contributed by atoms with van der Waals surface area (Å²) in [5, 5.41) is 3.24. The number of sulfone groups is 1. The zero-order valence-electron chi connectivity index (χ0n) is 12.8. The molecule has 0 radical (unpaired) electrons. The van der Waals surface area contributed by atoms with Gasteiger partial charge in [-0.05, 0) is 32.0 Å². The van der Waals surface area contributed by atoms with Crippen LogP contribution >= 0.6 is 23.2 Å². The van der Waals surface area contributed by atoms with Gasteiger partial charge in [-0.15, -0.1) is 0 Å². The van der Waals surface area contributed by atoms with E-state index in [1.807, 2.05) is 13.8 Å². The van der Waals surface area contributed by atoms with E-state index < -0.39 is 9.84 Å². The van der Waals surface area contributed by atoms with Crippen LogP contribution in [0.3, 0.4) is 0 Å². The van der Waals surface area contributed by atoms with Crippen molar-refractivity contribution in [1.29, 1.82) is 0 Å². The molecule has 1 rings (SSSR count). The molecule has 0 aliphatic rings. The van der Waals surface area contributed by atoms with Gasteiger partial charge in [0.15, 0.2) is 16.4 Å². The summed E-state index contributed by atoms with van der Waals surface area (Å²) in [7, 11) is -1.76. The number of hydrogen-bond acceptors (Lipinski definition) is 3. The SMILES string of the molecule is CC(C)NC(=O)C[NH+](C)CCS(=O)(=O)c1cc(Cl)ccc1Cl. The second kappa shape index (κ2) is 8.15. The largest absolute Gasteiger partial charge is 0.349 e. The fraction of sp³-hybridized carbons (Fsp3) is 0.500. The van der Waals surface area contributed by atoms with Gasteiger partial charge in [-0.3, -0.25) is 4.79 Å². The van der Waals surface area contributed by atoms with Crippen LogP contribution in [-0.4, -0.2) is 46.3 Å². The van der Waals surface area contributed by atoms with Gasteiger partial charge in [0, 0.05) is 11.1 Å². The van der Waals surface area contributed by atoms with E-state index >= 15 is 0 Å². The molecule has 1 unspecified atom stereocenters. The molecule has 1 aromatic carbocycles. The summed E-state index contributed by atoms with van der Waals surface area (Å²) in [5.74, 6) is -0.209.